The molecule has 1 nitrogen and oxygen atoms in total. The van der Waals surface area contributed by atoms with Crippen molar-refractivity contribution in [3.8, 4) is 0 Å². The van der Waals surface area contributed by atoms with Crippen LogP contribution >= 0.6 is 0 Å². The van der Waals surface area contributed by atoms with E-state index in [0.717, 1.165) is 12.8 Å². The first kappa shape index (κ1) is 10.5. The van der Waals surface area contributed by atoms with Crippen LogP contribution in [0.3, 0.4) is 0 Å². The van der Waals surface area contributed by atoms with Crippen molar-refractivity contribution in [1.82, 2.24) is 0 Å². The van der Waals surface area contributed by atoms with Crippen LogP contribution < -0.4 is 0 Å². The fraction of sp³-hybridized carbons (Fsp3) is 1.00. The molecule has 0 aromatic rings. The molecule has 2 saturated carbocycles. The Labute approximate surface area is 87.9 Å². The molecule has 2 unspecified atom stereocenters. The monoisotopic (exact) mass is 196 g/mol. The molecule has 2 aliphatic carbocycles. The second-order valence-corrected chi connectivity index (χ2v) is 5.57. The Bertz CT molecular complexity index is 200. The van der Waals surface area contributed by atoms with Crippen molar-refractivity contribution in [3.05, 3.63) is 0 Å². The zero-order chi connectivity index (χ0) is 10.2. The maximum atomic E-state index is 10.9. The van der Waals surface area contributed by atoms with E-state index < -0.39 is 0 Å². The van der Waals surface area contributed by atoms with Crippen LogP contribution in [-0.2, 0) is 0 Å². The van der Waals surface area contributed by atoms with E-state index in [2.05, 4.69) is 13.8 Å². The largest absolute Gasteiger partial charge is 0.389 e. The van der Waals surface area contributed by atoms with Crippen molar-refractivity contribution < 1.29 is 5.11 Å². The summed E-state index contributed by atoms with van der Waals surface area (Å²) in [6, 6.07) is 0. The van der Waals surface area contributed by atoms with Crippen LogP contribution in [0.4, 0.5) is 0 Å². The van der Waals surface area contributed by atoms with Crippen LogP contribution in [-0.4, -0.2) is 10.7 Å². The van der Waals surface area contributed by atoms with Crippen LogP contribution in [0.5, 0.6) is 0 Å². The van der Waals surface area contributed by atoms with Gasteiger partial charge in [0.1, 0.15) is 0 Å². The summed E-state index contributed by atoms with van der Waals surface area (Å²) in [7, 11) is 0. The van der Waals surface area contributed by atoms with Gasteiger partial charge >= 0.3 is 0 Å². The van der Waals surface area contributed by atoms with E-state index in [4.69, 9.17) is 0 Å². The standard InChI is InChI=1S/C13H24O/c1-3-11(2)13(14)10-6-9-12(13)7-4-5-8-12/h11,14H,3-10H2,1-2H3. The fourth-order valence-electron chi connectivity index (χ4n) is 4.02. The molecule has 2 aliphatic rings. The summed E-state index contributed by atoms with van der Waals surface area (Å²) < 4.78 is 0. The van der Waals surface area contributed by atoms with E-state index in [1.54, 1.807) is 0 Å². The molecule has 0 heterocycles. The molecular weight excluding hydrogens is 172 g/mol. The average Bonchev–Trinajstić information content (AvgIpc) is 2.77. The van der Waals surface area contributed by atoms with E-state index in [1.165, 1.54) is 38.5 Å². The molecule has 2 atom stereocenters. The smallest absolute Gasteiger partial charge is 0.0728 e. The Morgan fingerprint density at radius 3 is 2.21 bits per heavy atom. The molecule has 0 radical (unpaired) electrons. The minimum absolute atomic E-state index is 0.321. The summed E-state index contributed by atoms with van der Waals surface area (Å²) >= 11 is 0. The van der Waals surface area contributed by atoms with E-state index >= 15 is 0 Å². The molecule has 0 aromatic heterocycles. The molecule has 2 rings (SSSR count). The highest BCUT2D eigenvalue weighted by Crippen LogP contribution is 2.59. The van der Waals surface area contributed by atoms with Gasteiger partial charge in [0.25, 0.3) is 0 Å². The summed E-state index contributed by atoms with van der Waals surface area (Å²) in [5, 5.41) is 10.9. The third-order valence-electron chi connectivity index (χ3n) is 5.12. The lowest BCUT2D eigenvalue weighted by atomic mass is 9.66. The maximum Gasteiger partial charge on any atom is 0.0728 e. The van der Waals surface area contributed by atoms with E-state index in [9.17, 15) is 5.11 Å². The minimum atomic E-state index is -0.321. The van der Waals surface area contributed by atoms with Crippen LogP contribution in [0.2, 0.25) is 0 Å². The topological polar surface area (TPSA) is 20.2 Å². The molecular formula is C13H24O. The molecule has 0 saturated heterocycles. The molecule has 1 spiro atoms. The van der Waals surface area contributed by atoms with Crippen molar-refractivity contribution in [2.45, 2.75) is 70.8 Å². The Hall–Kier alpha value is -0.0400. The number of aliphatic hydroxyl groups is 1. The van der Waals surface area contributed by atoms with Crippen LogP contribution in [0.1, 0.15) is 65.2 Å². The van der Waals surface area contributed by atoms with Crippen molar-refractivity contribution >= 4 is 0 Å². The highest BCUT2D eigenvalue weighted by molar-refractivity contribution is 5.07. The van der Waals surface area contributed by atoms with Gasteiger partial charge in [-0.1, -0.05) is 33.1 Å². The van der Waals surface area contributed by atoms with Crippen LogP contribution in [0.15, 0.2) is 0 Å². The molecule has 82 valence electrons. The zero-order valence-electron chi connectivity index (χ0n) is 9.68. The Morgan fingerprint density at radius 2 is 1.64 bits per heavy atom. The molecule has 0 bridgehead atoms. The molecule has 2 fully saturated rings. The number of rotatable bonds is 2. The average molecular weight is 196 g/mol. The molecule has 0 amide bonds. The lowest BCUT2D eigenvalue weighted by molar-refractivity contribution is -0.100. The first-order valence-electron chi connectivity index (χ1n) is 6.37. The molecule has 0 aromatic carbocycles. The Balaban J connectivity index is 2.23. The van der Waals surface area contributed by atoms with Gasteiger partial charge in [-0.3, -0.25) is 0 Å². The summed E-state index contributed by atoms with van der Waals surface area (Å²) in [6.07, 6.45) is 9.98. The summed E-state index contributed by atoms with van der Waals surface area (Å²) in [6.45, 7) is 4.45. The number of hydrogen-bond donors (Lipinski definition) is 1. The molecule has 1 N–H and O–H groups in total. The third kappa shape index (κ3) is 1.25. The van der Waals surface area contributed by atoms with Gasteiger partial charge in [-0.05, 0) is 43.4 Å². The summed E-state index contributed by atoms with van der Waals surface area (Å²) in [5.74, 6) is 0.489. The SMILES string of the molecule is CCC(C)C1(O)CCCC12CCCC2. The van der Waals surface area contributed by atoms with Crippen LogP contribution in [0.25, 0.3) is 0 Å². The van der Waals surface area contributed by atoms with E-state index in [-0.39, 0.29) is 5.60 Å². The minimum Gasteiger partial charge on any atom is -0.389 e. The van der Waals surface area contributed by atoms with Gasteiger partial charge in [-0.2, -0.15) is 0 Å². The fourth-order valence-corrected chi connectivity index (χ4v) is 4.02. The van der Waals surface area contributed by atoms with Gasteiger partial charge in [0.05, 0.1) is 5.60 Å². The van der Waals surface area contributed by atoms with Crippen molar-refractivity contribution in [2.24, 2.45) is 11.3 Å². The maximum absolute atomic E-state index is 10.9. The van der Waals surface area contributed by atoms with Crippen molar-refractivity contribution in [2.75, 3.05) is 0 Å². The zero-order valence-corrected chi connectivity index (χ0v) is 9.68. The Kier molecular flexibility index (Phi) is 2.63. The third-order valence-corrected chi connectivity index (χ3v) is 5.12. The predicted molar refractivity (Wildman–Crippen MR) is 59.2 cm³/mol. The lowest BCUT2D eigenvalue weighted by Gasteiger charge is -2.44. The molecule has 1 heteroatoms. The van der Waals surface area contributed by atoms with Gasteiger partial charge in [0, 0.05) is 0 Å². The van der Waals surface area contributed by atoms with E-state index in [0.29, 0.717) is 11.3 Å². The second-order valence-electron chi connectivity index (χ2n) is 5.57. The number of hydrogen-bond acceptors (Lipinski definition) is 1. The molecule has 14 heavy (non-hydrogen) atoms. The quantitative estimate of drug-likeness (QED) is 0.716. The predicted octanol–water partition coefficient (Wildman–Crippen LogP) is 3.51. The first-order valence-corrected chi connectivity index (χ1v) is 6.37. The Morgan fingerprint density at radius 1 is 1.07 bits per heavy atom. The first-order chi connectivity index (χ1) is 6.65. The van der Waals surface area contributed by atoms with Crippen molar-refractivity contribution in [1.29, 1.82) is 0 Å². The normalized spacial score (nSPS) is 37.9. The van der Waals surface area contributed by atoms with Gasteiger partial charge in [-0.15, -0.1) is 0 Å². The van der Waals surface area contributed by atoms with Crippen LogP contribution in [0, 0.1) is 11.3 Å². The lowest BCUT2D eigenvalue weighted by Crippen LogP contribution is -2.47. The molecule has 0 aliphatic heterocycles. The highest BCUT2D eigenvalue weighted by Gasteiger charge is 2.56. The highest BCUT2D eigenvalue weighted by atomic mass is 16.3. The summed E-state index contributed by atoms with van der Waals surface area (Å²) in [4.78, 5) is 0. The van der Waals surface area contributed by atoms with Gasteiger partial charge in [0.2, 0.25) is 0 Å². The van der Waals surface area contributed by atoms with Gasteiger partial charge in [0.15, 0.2) is 0 Å². The van der Waals surface area contributed by atoms with E-state index in [1.807, 2.05) is 0 Å². The van der Waals surface area contributed by atoms with Gasteiger partial charge in [-0.25, -0.2) is 0 Å². The van der Waals surface area contributed by atoms with Crippen molar-refractivity contribution in [3.63, 3.8) is 0 Å². The summed E-state index contributed by atoms with van der Waals surface area (Å²) in [5.41, 5.74) is 0.000671. The second kappa shape index (κ2) is 3.52. The van der Waals surface area contributed by atoms with Gasteiger partial charge < -0.3 is 5.11 Å².